The number of allylic oxidation sites excluding steroid dienone is 5. The van der Waals surface area contributed by atoms with Crippen molar-refractivity contribution >= 4 is 44.6 Å². The molecule has 9 rings (SSSR count). The second kappa shape index (κ2) is 13.4. The molecule has 0 aliphatic heterocycles. The molecule has 3 nitrogen and oxygen atoms in total. The van der Waals surface area contributed by atoms with Crippen LogP contribution in [0.3, 0.4) is 0 Å². The minimum Gasteiger partial charge on any atom is -0.310 e. The lowest BCUT2D eigenvalue weighted by atomic mass is 9.82. The third-order valence-electron chi connectivity index (χ3n) is 11.0. The summed E-state index contributed by atoms with van der Waals surface area (Å²) in [4.78, 5) is 6.72. The van der Waals surface area contributed by atoms with Crippen LogP contribution >= 0.6 is 0 Å². The molecule has 0 fully saturated rings. The lowest BCUT2D eigenvalue weighted by Gasteiger charge is -2.28. The lowest BCUT2D eigenvalue weighted by Crippen LogP contribution is -2.16. The molecule has 54 heavy (non-hydrogen) atoms. The first-order chi connectivity index (χ1) is 26.5. The molecule has 0 bridgehead atoms. The van der Waals surface area contributed by atoms with E-state index in [1.807, 2.05) is 30.6 Å². The average molecular weight is 696 g/mol. The fraction of sp³-hybridized carbons (Fsp3) is 0.0784. The van der Waals surface area contributed by atoms with E-state index >= 15 is 0 Å². The standard InChI is InChI=1S/C51H41N3/c1-5-7-14-39(6-2)54-49-18-11-9-16-45(49)46-32-37(23-30-50(46)54)35-19-24-40(25-20-35)53(41-26-21-36(22-27-41)38-13-12-31-52-34-38)42-28-29-44-43-15-8-10-17-47(43)51(3,4)48(44)33-42/h5-34H,1H2,2-4H3/b14-7-,39-6+. The molecule has 260 valence electrons. The average Bonchev–Trinajstić information content (AvgIpc) is 3.67. The first-order valence-corrected chi connectivity index (χ1v) is 18.6. The third kappa shape index (κ3) is 5.48. The third-order valence-corrected chi connectivity index (χ3v) is 11.0. The molecular weight excluding hydrogens is 655 g/mol. The molecule has 1 aliphatic carbocycles. The van der Waals surface area contributed by atoms with E-state index in [-0.39, 0.29) is 5.41 Å². The van der Waals surface area contributed by atoms with Gasteiger partial charge in [-0.1, -0.05) is 124 Å². The smallest absolute Gasteiger partial charge is 0.0541 e. The Morgan fingerprint density at radius 2 is 1.26 bits per heavy atom. The van der Waals surface area contributed by atoms with E-state index in [2.05, 4.69) is 193 Å². The maximum atomic E-state index is 4.35. The van der Waals surface area contributed by atoms with Crippen molar-refractivity contribution in [1.82, 2.24) is 9.55 Å². The Hall–Kier alpha value is -6.71. The minimum atomic E-state index is -0.0982. The largest absolute Gasteiger partial charge is 0.310 e. The van der Waals surface area contributed by atoms with Crippen molar-refractivity contribution in [2.24, 2.45) is 0 Å². The molecule has 0 unspecified atom stereocenters. The molecule has 0 atom stereocenters. The number of hydrogen-bond donors (Lipinski definition) is 0. The van der Waals surface area contributed by atoms with Gasteiger partial charge in [0.15, 0.2) is 0 Å². The zero-order valence-electron chi connectivity index (χ0n) is 30.9. The van der Waals surface area contributed by atoms with Crippen molar-refractivity contribution in [3.8, 4) is 33.4 Å². The van der Waals surface area contributed by atoms with Gasteiger partial charge in [0.25, 0.3) is 0 Å². The van der Waals surface area contributed by atoms with Gasteiger partial charge in [-0.25, -0.2) is 0 Å². The summed E-state index contributed by atoms with van der Waals surface area (Å²) in [6.45, 7) is 10.7. The molecule has 0 saturated heterocycles. The van der Waals surface area contributed by atoms with Gasteiger partial charge in [-0.05, 0) is 118 Å². The van der Waals surface area contributed by atoms with Gasteiger partial charge in [0, 0.05) is 51.3 Å². The zero-order chi connectivity index (χ0) is 36.8. The highest BCUT2D eigenvalue weighted by Crippen LogP contribution is 2.50. The molecule has 0 saturated carbocycles. The van der Waals surface area contributed by atoms with Crippen LogP contribution in [0.15, 0.2) is 189 Å². The predicted octanol–water partition coefficient (Wildman–Crippen LogP) is 13.9. The van der Waals surface area contributed by atoms with E-state index in [0.717, 1.165) is 33.9 Å². The molecule has 0 radical (unpaired) electrons. The number of pyridine rings is 1. The lowest BCUT2D eigenvalue weighted by molar-refractivity contribution is 0.660. The Kier molecular flexibility index (Phi) is 8.20. The van der Waals surface area contributed by atoms with Crippen molar-refractivity contribution in [3.63, 3.8) is 0 Å². The molecule has 0 amide bonds. The van der Waals surface area contributed by atoms with E-state index in [1.54, 1.807) is 0 Å². The van der Waals surface area contributed by atoms with E-state index in [4.69, 9.17) is 0 Å². The Bertz CT molecular complexity index is 2740. The summed E-state index contributed by atoms with van der Waals surface area (Å²) in [5, 5.41) is 2.47. The van der Waals surface area contributed by atoms with Crippen LogP contribution in [0.2, 0.25) is 0 Å². The summed E-state index contributed by atoms with van der Waals surface area (Å²) in [7, 11) is 0. The predicted molar refractivity (Wildman–Crippen MR) is 230 cm³/mol. The Morgan fingerprint density at radius 3 is 1.98 bits per heavy atom. The molecule has 6 aromatic carbocycles. The first kappa shape index (κ1) is 33.1. The molecule has 2 aromatic heterocycles. The monoisotopic (exact) mass is 695 g/mol. The molecule has 8 aromatic rings. The van der Waals surface area contributed by atoms with Crippen LogP contribution in [0.4, 0.5) is 17.1 Å². The molecule has 2 heterocycles. The summed E-state index contributed by atoms with van der Waals surface area (Å²) < 4.78 is 2.34. The normalized spacial score (nSPS) is 13.4. The van der Waals surface area contributed by atoms with Crippen molar-refractivity contribution in [1.29, 1.82) is 0 Å². The first-order valence-electron chi connectivity index (χ1n) is 18.6. The van der Waals surface area contributed by atoms with Gasteiger partial charge in [-0.3, -0.25) is 4.98 Å². The van der Waals surface area contributed by atoms with Crippen molar-refractivity contribution in [2.45, 2.75) is 26.2 Å². The molecule has 0 spiro atoms. The fourth-order valence-corrected chi connectivity index (χ4v) is 8.32. The van der Waals surface area contributed by atoms with Gasteiger partial charge >= 0.3 is 0 Å². The minimum absolute atomic E-state index is 0.0982. The quantitative estimate of drug-likeness (QED) is 0.148. The second-order valence-electron chi connectivity index (χ2n) is 14.5. The Morgan fingerprint density at radius 1 is 0.611 bits per heavy atom. The highest BCUT2D eigenvalue weighted by Gasteiger charge is 2.35. The summed E-state index contributed by atoms with van der Waals surface area (Å²) in [5.41, 5.74) is 16.7. The van der Waals surface area contributed by atoms with Gasteiger partial charge in [0.1, 0.15) is 0 Å². The molecular formula is C51H41N3. The van der Waals surface area contributed by atoms with Gasteiger partial charge < -0.3 is 9.47 Å². The van der Waals surface area contributed by atoms with E-state index in [9.17, 15) is 0 Å². The zero-order valence-corrected chi connectivity index (χ0v) is 30.9. The van der Waals surface area contributed by atoms with Gasteiger partial charge in [-0.2, -0.15) is 0 Å². The number of fused-ring (bicyclic) bond motifs is 6. The SMILES string of the molecule is C=C/C=C\C(=C/C)n1c2ccccc2c2cc(-c3ccc(N(c4ccc(-c5cccnc5)cc4)c4ccc5c(c4)C(C)(C)c4ccccc4-5)cc3)ccc21. The number of para-hydroxylation sites is 1. The van der Waals surface area contributed by atoms with E-state index < -0.39 is 0 Å². The second-order valence-corrected chi connectivity index (χ2v) is 14.5. The molecule has 0 N–H and O–H groups in total. The number of hydrogen-bond acceptors (Lipinski definition) is 2. The van der Waals surface area contributed by atoms with Crippen molar-refractivity contribution < 1.29 is 0 Å². The number of benzene rings is 6. The summed E-state index contributed by atoms with van der Waals surface area (Å²) in [6, 6.07) is 53.2. The fourth-order valence-electron chi connectivity index (χ4n) is 8.32. The highest BCUT2D eigenvalue weighted by molar-refractivity contribution is 6.11. The van der Waals surface area contributed by atoms with E-state index in [0.29, 0.717) is 0 Å². The van der Waals surface area contributed by atoms with Crippen LogP contribution in [0.25, 0.3) is 60.9 Å². The summed E-state index contributed by atoms with van der Waals surface area (Å²) in [5.74, 6) is 0. The van der Waals surface area contributed by atoms with Crippen LogP contribution in [-0.4, -0.2) is 9.55 Å². The number of anilines is 3. The molecule has 3 heteroatoms. The van der Waals surface area contributed by atoms with E-state index in [1.165, 1.54) is 55.2 Å². The number of nitrogens with zero attached hydrogens (tertiary/aromatic N) is 3. The number of rotatable bonds is 8. The summed E-state index contributed by atoms with van der Waals surface area (Å²) in [6.07, 6.45) is 11.8. The number of aromatic nitrogens is 2. The van der Waals surface area contributed by atoms with Crippen LogP contribution in [-0.2, 0) is 5.41 Å². The Labute approximate surface area is 317 Å². The van der Waals surface area contributed by atoms with Gasteiger partial charge in [0.05, 0.1) is 11.0 Å². The van der Waals surface area contributed by atoms with Gasteiger partial charge in [-0.15, -0.1) is 0 Å². The van der Waals surface area contributed by atoms with Crippen molar-refractivity contribution in [3.05, 3.63) is 200 Å². The summed E-state index contributed by atoms with van der Waals surface area (Å²) >= 11 is 0. The van der Waals surface area contributed by atoms with Crippen molar-refractivity contribution in [2.75, 3.05) is 4.90 Å². The maximum absolute atomic E-state index is 4.35. The van der Waals surface area contributed by atoms with Crippen LogP contribution in [0.1, 0.15) is 31.9 Å². The van der Waals surface area contributed by atoms with Crippen LogP contribution in [0, 0.1) is 0 Å². The van der Waals surface area contributed by atoms with Crippen LogP contribution < -0.4 is 4.90 Å². The Balaban J connectivity index is 1.13. The highest BCUT2D eigenvalue weighted by atomic mass is 15.1. The maximum Gasteiger partial charge on any atom is 0.0541 e. The topological polar surface area (TPSA) is 21.1 Å². The molecule has 1 aliphatic rings. The van der Waals surface area contributed by atoms with Gasteiger partial charge in [0.2, 0.25) is 0 Å². The van der Waals surface area contributed by atoms with Crippen LogP contribution in [0.5, 0.6) is 0 Å².